The lowest BCUT2D eigenvalue weighted by molar-refractivity contribution is -0.130. The molecule has 0 aliphatic carbocycles. The molecule has 1 saturated heterocycles. The zero-order chi connectivity index (χ0) is 19.2. The Kier molecular flexibility index (Phi) is 6.45. The van der Waals surface area contributed by atoms with E-state index in [4.69, 9.17) is 4.74 Å². The Morgan fingerprint density at radius 3 is 2.67 bits per heavy atom. The Hall–Kier alpha value is -2.40. The molecule has 0 radical (unpaired) electrons. The molecule has 2 amide bonds. The maximum absolute atomic E-state index is 12.6. The largest absolute Gasteiger partial charge is 0.376 e. The van der Waals surface area contributed by atoms with Crippen LogP contribution < -0.4 is 10.6 Å². The highest BCUT2D eigenvalue weighted by atomic mass is 16.5. The van der Waals surface area contributed by atoms with Crippen molar-refractivity contribution in [1.29, 1.82) is 0 Å². The second-order valence-corrected chi connectivity index (χ2v) is 7.48. The van der Waals surface area contributed by atoms with E-state index in [1.54, 1.807) is 0 Å². The van der Waals surface area contributed by atoms with Gasteiger partial charge in [0.1, 0.15) is 6.04 Å². The quantitative estimate of drug-likeness (QED) is 0.790. The average molecular weight is 368 g/mol. The minimum Gasteiger partial charge on any atom is -0.376 e. The van der Waals surface area contributed by atoms with Crippen LogP contribution in [0, 0.1) is 5.92 Å². The molecule has 0 unspecified atom stereocenters. The van der Waals surface area contributed by atoms with Crippen LogP contribution in [0.3, 0.4) is 0 Å². The Morgan fingerprint density at radius 2 is 1.93 bits per heavy atom. The molecular weight excluding hydrogens is 340 g/mol. The summed E-state index contributed by atoms with van der Waals surface area (Å²) in [6.07, 6.45) is 2.35. The second-order valence-electron chi connectivity index (χ2n) is 7.48. The first-order chi connectivity index (χ1) is 13.0. The van der Waals surface area contributed by atoms with Crippen LogP contribution in [0.1, 0.15) is 32.3 Å². The first kappa shape index (κ1) is 19.4. The predicted octanol–water partition coefficient (Wildman–Crippen LogP) is 2.82. The molecule has 0 bridgehead atoms. The predicted molar refractivity (Wildman–Crippen MR) is 106 cm³/mol. The van der Waals surface area contributed by atoms with Crippen molar-refractivity contribution in [1.82, 2.24) is 10.6 Å². The van der Waals surface area contributed by atoms with Gasteiger partial charge in [-0.15, -0.1) is 0 Å². The van der Waals surface area contributed by atoms with Crippen molar-refractivity contribution in [3.63, 3.8) is 0 Å². The van der Waals surface area contributed by atoms with Crippen LogP contribution in [0.15, 0.2) is 42.5 Å². The van der Waals surface area contributed by atoms with Crippen LogP contribution in [-0.4, -0.2) is 37.1 Å². The van der Waals surface area contributed by atoms with E-state index in [9.17, 15) is 9.59 Å². The summed E-state index contributed by atoms with van der Waals surface area (Å²) >= 11 is 0. The average Bonchev–Trinajstić information content (AvgIpc) is 3.18. The van der Waals surface area contributed by atoms with Gasteiger partial charge in [-0.25, -0.2) is 0 Å². The van der Waals surface area contributed by atoms with Crippen LogP contribution in [-0.2, 0) is 20.7 Å². The van der Waals surface area contributed by atoms with Gasteiger partial charge in [-0.1, -0.05) is 56.3 Å². The molecule has 0 spiro atoms. The fourth-order valence-corrected chi connectivity index (χ4v) is 3.51. The topological polar surface area (TPSA) is 67.4 Å². The van der Waals surface area contributed by atoms with Gasteiger partial charge in [0.25, 0.3) is 0 Å². The molecule has 2 N–H and O–H groups in total. The van der Waals surface area contributed by atoms with E-state index in [1.165, 1.54) is 0 Å². The molecule has 1 aliphatic heterocycles. The Labute approximate surface area is 160 Å². The van der Waals surface area contributed by atoms with Crippen molar-refractivity contribution in [2.24, 2.45) is 5.92 Å². The summed E-state index contributed by atoms with van der Waals surface area (Å²) in [6, 6.07) is 13.4. The fraction of sp³-hybridized carbons (Fsp3) is 0.455. The maximum atomic E-state index is 12.6. The number of amides is 2. The van der Waals surface area contributed by atoms with Gasteiger partial charge < -0.3 is 15.4 Å². The standard InChI is InChI=1S/C22H28N2O3/c1-15(2)21(22(26)23-14-18-10-6-12-27-18)24-20(25)13-17-9-5-8-16-7-3-4-11-19(16)17/h3-5,7-9,11,15,18,21H,6,10,12-14H2,1-2H3,(H,23,26)(H,24,25)/t18-,21+/m1/s1. The van der Waals surface area contributed by atoms with Gasteiger partial charge in [0, 0.05) is 13.2 Å². The summed E-state index contributed by atoms with van der Waals surface area (Å²) < 4.78 is 5.54. The molecule has 0 saturated carbocycles. The highest BCUT2D eigenvalue weighted by molar-refractivity contribution is 5.92. The number of hydrogen-bond acceptors (Lipinski definition) is 3. The lowest BCUT2D eigenvalue weighted by Gasteiger charge is -2.23. The third-order valence-electron chi connectivity index (χ3n) is 5.02. The number of fused-ring (bicyclic) bond motifs is 1. The first-order valence-corrected chi connectivity index (χ1v) is 9.70. The Morgan fingerprint density at radius 1 is 1.15 bits per heavy atom. The molecule has 1 heterocycles. The van der Waals surface area contributed by atoms with E-state index < -0.39 is 6.04 Å². The molecule has 3 rings (SSSR count). The molecule has 0 aromatic heterocycles. The third kappa shape index (κ3) is 5.07. The van der Waals surface area contributed by atoms with E-state index in [-0.39, 0.29) is 30.3 Å². The molecule has 2 atom stereocenters. The van der Waals surface area contributed by atoms with Gasteiger partial charge >= 0.3 is 0 Å². The first-order valence-electron chi connectivity index (χ1n) is 9.70. The molecule has 144 valence electrons. The zero-order valence-electron chi connectivity index (χ0n) is 16.0. The van der Waals surface area contributed by atoms with Gasteiger partial charge in [-0.2, -0.15) is 0 Å². The summed E-state index contributed by atoms with van der Waals surface area (Å²) in [5.41, 5.74) is 0.966. The zero-order valence-corrected chi connectivity index (χ0v) is 16.0. The number of carbonyl (C=O) groups excluding carboxylic acids is 2. The lowest BCUT2D eigenvalue weighted by Crippen LogP contribution is -2.51. The van der Waals surface area contributed by atoms with E-state index in [1.807, 2.05) is 56.3 Å². The van der Waals surface area contributed by atoms with Crippen molar-refractivity contribution in [2.75, 3.05) is 13.2 Å². The van der Waals surface area contributed by atoms with Gasteiger partial charge in [0.05, 0.1) is 12.5 Å². The van der Waals surface area contributed by atoms with Crippen molar-refractivity contribution < 1.29 is 14.3 Å². The van der Waals surface area contributed by atoms with Gasteiger partial charge in [0.2, 0.25) is 11.8 Å². The normalized spacial score (nSPS) is 17.8. The van der Waals surface area contributed by atoms with Gasteiger partial charge in [0.15, 0.2) is 0 Å². The second kappa shape index (κ2) is 9.00. The summed E-state index contributed by atoms with van der Waals surface area (Å²) in [5, 5.41) is 8.02. The van der Waals surface area contributed by atoms with Crippen molar-refractivity contribution in [3.05, 3.63) is 48.0 Å². The summed E-state index contributed by atoms with van der Waals surface area (Å²) in [7, 11) is 0. The fourth-order valence-electron chi connectivity index (χ4n) is 3.51. The van der Waals surface area contributed by atoms with Crippen LogP contribution in [0.25, 0.3) is 10.8 Å². The van der Waals surface area contributed by atoms with Crippen LogP contribution in [0.4, 0.5) is 0 Å². The Bertz CT molecular complexity index is 792. The minimum atomic E-state index is -0.547. The Balaban J connectivity index is 1.61. The molecule has 1 aliphatic rings. The summed E-state index contributed by atoms with van der Waals surface area (Å²) in [4.78, 5) is 25.2. The van der Waals surface area contributed by atoms with Crippen molar-refractivity contribution in [3.8, 4) is 0 Å². The van der Waals surface area contributed by atoms with Crippen LogP contribution in [0.5, 0.6) is 0 Å². The number of ether oxygens (including phenoxy) is 1. The summed E-state index contributed by atoms with van der Waals surface area (Å²) in [5.74, 6) is -0.282. The molecular formula is C22H28N2O3. The van der Waals surface area contributed by atoms with E-state index >= 15 is 0 Å². The van der Waals surface area contributed by atoms with E-state index in [2.05, 4.69) is 10.6 Å². The molecule has 5 nitrogen and oxygen atoms in total. The van der Waals surface area contributed by atoms with Crippen LogP contribution >= 0.6 is 0 Å². The molecule has 2 aromatic rings. The summed E-state index contributed by atoms with van der Waals surface area (Å²) in [6.45, 7) is 5.14. The number of rotatable bonds is 7. The van der Waals surface area contributed by atoms with Gasteiger partial charge in [-0.05, 0) is 35.1 Å². The minimum absolute atomic E-state index is 0.00552. The maximum Gasteiger partial charge on any atom is 0.242 e. The molecule has 1 fully saturated rings. The van der Waals surface area contributed by atoms with E-state index in [0.717, 1.165) is 35.8 Å². The highest BCUT2D eigenvalue weighted by Crippen LogP contribution is 2.19. The third-order valence-corrected chi connectivity index (χ3v) is 5.02. The van der Waals surface area contributed by atoms with Crippen LogP contribution in [0.2, 0.25) is 0 Å². The number of hydrogen-bond donors (Lipinski definition) is 2. The number of benzene rings is 2. The van der Waals surface area contributed by atoms with Crippen molar-refractivity contribution in [2.45, 2.75) is 45.3 Å². The smallest absolute Gasteiger partial charge is 0.242 e. The van der Waals surface area contributed by atoms with Gasteiger partial charge in [-0.3, -0.25) is 9.59 Å². The number of carbonyl (C=O) groups is 2. The molecule has 27 heavy (non-hydrogen) atoms. The van der Waals surface area contributed by atoms with E-state index in [0.29, 0.717) is 6.54 Å². The molecule has 2 aromatic carbocycles. The lowest BCUT2D eigenvalue weighted by atomic mass is 10.00. The molecule has 5 heteroatoms. The highest BCUT2D eigenvalue weighted by Gasteiger charge is 2.25. The SMILES string of the molecule is CC(C)[C@H](NC(=O)Cc1cccc2ccccc12)C(=O)NC[C@H]1CCCO1. The number of nitrogens with one attached hydrogen (secondary N) is 2. The monoisotopic (exact) mass is 368 g/mol. The van der Waals surface area contributed by atoms with Crippen molar-refractivity contribution >= 4 is 22.6 Å².